The van der Waals surface area contributed by atoms with Gasteiger partial charge in [-0.15, -0.1) is 0 Å². The summed E-state index contributed by atoms with van der Waals surface area (Å²) in [5.41, 5.74) is 1.04. The van der Waals surface area contributed by atoms with Crippen LogP contribution in [-0.4, -0.2) is 24.4 Å². The Kier molecular flexibility index (Phi) is 4.94. The monoisotopic (exact) mass is 318 g/mol. The Hall–Kier alpha value is -1.91. The molecule has 1 aromatic rings. The summed E-state index contributed by atoms with van der Waals surface area (Å²) in [5.74, 6) is 0.315. The second kappa shape index (κ2) is 7.11. The van der Waals surface area contributed by atoms with Gasteiger partial charge in [0, 0.05) is 18.4 Å². The third-order valence-electron chi connectivity index (χ3n) is 4.83. The van der Waals surface area contributed by atoms with Gasteiger partial charge in [-0.25, -0.2) is 4.39 Å². The van der Waals surface area contributed by atoms with Crippen molar-refractivity contribution in [3.05, 3.63) is 35.6 Å². The average molecular weight is 318 g/mol. The van der Waals surface area contributed by atoms with Gasteiger partial charge in [-0.05, 0) is 42.9 Å². The van der Waals surface area contributed by atoms with Gasteiger partial charge >= 0.3 is 0 Å². The molecule has 3 rings (SSSR count). The van der Waals surface area contributed by atoms with Crippen LogP contribution in [-0.2, 0) is 9.59 Å². The molecule has 0 radical (unpaired) electrons. The summed E-state index contributed by atoms with van der Waals surface area (Å²) in [7, 11) is 0. The minimum absolute atomic E-state index is 0.0297. The maximum absolute atomic E-state index is 12.9. The summed E-state index contributed by atoms with van der Waals surface area (Å²) in [6, 6.07) is 6.50. The summed E-state index contributed by atoms with van der Waals surface area (Å²) in [5, 5.41) is 5.62. The van der Waals surface area contributed by atoms with Gasteiger partial charge in [-0.3, -0.25) is 9.59 Å². The Morgan fingerprint density at radius 1 is 1.09 bits per heavy atom. The fraction of sp³-hybridized carbons (Fsp3) is 0.556. The molecule has 0 bridgehead atoms. The van der Waals surface area contributed by atoms with E-state index in [1.165, 1.54) is 25.0 Å². The van der Waals surface area contributed by atoms with Crippen LogP contribution in [0.2, 0.25) is 0 Å². The van der Waals surface area contributed by atoms with Crippen molar-refractivity contribution in [2.24, 2.45) is 5.92 Å². The fourth-order valence-electron chi connectivity index (χ4n) is 3.42. The maximum atomic E-state index is 12.9. The van der Waals surface area contributed by atoms with Crippen molar-refractivity contribution < 1.29 is 14.0 Å². The SMILES string of the molecule is O=C(CC1CCCC1)NCC(=O)N[C@@H]1C[C@@H]1c1ccc(F)cc1. The van der Waals surface area contributed by atoms with E-state index < -0.39 is 0 Å². The van der Waals surface area contributed by atoms with E-state index in [9.17, 15) is 14.0 Å². The molecule has 5 heteroatoms. The van der Waals surface area contributed by atoms with Crippen LogP contribution in [0.15, 0.2) is 24.3 Å². The smallest absolute Gasteiger partial charge is 0.239 e. The number of hydrogen-bond acceptors (Lipinski definition) is 2. The van der Waals surface area contributed by atoms with Crippen molar-refractivity contribution in [2.45, 2.75) is 50.5 Å². The summed E-state index contributed by atoms with van der Waals surface area (Å²) in [6.07, 6.45) is 6.08. The Labute approximate surface area is 135 Å². The lowest BCUT2D eigenvalue weighted by atomic mass is 10.0. The van der Waals surface area contributed by atoms with E-state index in [2.05, 4.69) is 10.6 Å². The first-order valence-electron chi connectivity index (χ1n) is 8.43. The second-order valence-electron chi connectivity index (χ2n) is 6.70. The molecule has 2 amide bonds. The van der Waals surface area contributed by atoms with E-state index in [1.54, 1.807) is 12.1 Å². The number of rotatable bonds is 6. The lowest BCUT2D eigenvalue weighted by Gasteiger charge is -2.10. The van der Waals surface area contributed by atoms with E-state index in [-0.39, 0.29) is 36.1 Å². The van der Waals surface area contributed by atoms with Gasteiger partial charge in [0.05, 0.1) is 6.54 Å². The molecular weight excluding hydrogens is 295 g/mol. The fourth-order valence-corrected chi connectivity index (χ4v) is 3.42. The van der Waals surface area contributed by atoms with Crippen molar-refractivity contribution >= 4 is 11.8 Å². The molecule has 0 heterocycles. The molecular formula is C18H23FN2O2. The number of carbonyl (C=O) groups is 2. The number of benzene rings is 1. The van der Waals surface area contributed by atoms with Crippen LogP contribution in [0.4, 0.5) is 4.39 Å². The van der Waals surface area contributed by atoms with E-state index in [1.807, 2.05) is 0 Å². The molecule has 2 aliphatic carbocycles. The van der Waals surface area contributed by atoms with Crippen LogP contribution in [0, 0.1) is 11.7 Å². The van der Waals surface area contributed by atoms with Crippen LogP contribution in [0.3, 0.4) is 0 Å². The second-order valence-corrected chi connectivity index (χ2v) is 6.70. The Morgan fingerprint density at radius 3 is 2.48 bits per heavy atom. The van der Waals surface area contributed by atoms with E-state index >= 15 is 0 Å². The molecule has 4 nitrogen and oxygen atoms in total. The third kappa shape index (κ3) is 4.53. The Balaban J connectivity index is 1.35. The molecule has 124 valence electrons. The lowest BCUT2D eigenvalue weighted by Crippen LogP contribution is -2.38. The summed E-state index contributed by atoms with van der Waals surface area (Å²) >= 11 is 0. The standard InChI is InChI=1S/C18H23FN2O2/c19-14-7-5-13(6-8-14)15-10-16(15)21-18(23)11-20-17(22)9-12-3-1-2-4-12/h5-8,12,15-16H,1-4,9-11H2,(H,20,22)(H,21,23)/t15-,16-/m1/s1. The topological polar surface area (TPSA) is 58.2 Å². The molecule has 0 aliphatic heterocycles. The predicted octanol–water partition coefficient (Wildman–Crippen LogP) is 2.49. The Morgan fingerprint density at radius 2 is 1.78 bits per heavy atom. The van der Waals surface area contributed by atoms with Crippen LogP contribution in [0.1, 0.15) is 50.0 Å². The molecule has 0 aromatic heterocycles. The number of hydrogen-bond donors (Lipinski definition) is 2. The van der Waals surface area contributed by atoms with Crippen molar-refractivity contribution in [2.75, 3.05) is 6.54 Å². The molecule has 2 saturated carbocycles. The van der Waals surface area contributed by atoms with E-state index in [0.717, 1.165) is 24.8 Å². The highest BCUT2D eigenvalue weighted by Gasteiger charge is 2.39. The van der Waals surface area contributed by atoms with Gasteiger partial charge in [0.2, 0.25) is 11.8 Å². The quantitative estimate of drug-likeness (QED) is 0.846. The molecule has 23 heavy (non-hydrogen) atoms. The maximum Gasteiger partial charge on any atom is 0.239 e. The zero-order valence-electron chi connectivity index (χ0n) is 13.2. The largest absolute Gasteiger partial charge is 0.351 e. The minimum atomic E-state index is -0.250. The summed E-state index contributed by atoms with van der Waals surface area (Å²) in [6.45, 7) is 0.0399. The van der Waals surface area contributed by atoms with Crippen LogP contribution >= 0.6 is 0 Å². The number of carbonyl (C=O) groups excluding carboxylic acids is 2. The summed E-state index contributed by atoms with van der Waals surface area (Å²) < 4.78 is 12.9. The summed E-state index contributed by atoms with van der Waals surface area (Å²) in [4.78, 5) is 23.7. The molecule has 0 unspecified atom stereocenters. The average Bonchev–Trinajstić information content (AvgIpc) is 3.09. The molecule has 2 atom stereocenters. The first-order chi connectivity index (χ1) is 11.1. The first kappa shape index (κ1) is 16.0. The van der Waals surface area contributed by atoms with Crippen LogP contribution in [0.5, 0.6) is 0 Å². The van der Waals surface area contributed by atoms with Gasteiger partial charge in [0.1, 0.15) is 5.82 Å². The normalized spacial score (nSPS) is 23.5. The number of halogens is 1. The van der Waals surface area contributed by atoms with Gasteiger partial charge in [0.15, 0.2) is 0 Å². The van der Waals surface area contributed by atoms with Crippen LogP contribution < -0.4 is 10.6 Å². The van der Waals surface area contributed by atoms with Crippen molar-refractivity contribution in [3.8, 4) is 0 Å². The van der Waals surface area contributed by atoms with Crippen molar-refractivity contribution in [1.82, 2.24) is 10.6 Å². The highest BCUT2D eigenvalue weighted by Crippen LogP contribution is 2.40. The lowest BCUT2D eigenvalue weighted by molar-refractivity contribution is -0.126. The van der Waals surface area contributed by atoms with Crippen molar-refractivity contribution in [3.63, 3.8) is 0 Å². The van der Waals surface area contributed by atoms with Gasteiger partial charge in [-0.1, -0.05) is 25.0 Å². The molecule has 1 aromatic carbocycles. The van der Waals surface area contributed by atoms with Gasteiger partial charge < -0.3 is 10.6 Å². The first-order valence-corrected chi connectivity index (χ1v) is 8.43. The van der Waals surface area contributed by atoms with E-state index in [4.69, 9.17) is 0 Å². The van der Waals surface area contributed by atoms with Gasteiger partial charge in [0.25, 0.3) is 0 Å². The molecule has 0 spiro atoms. The predicted molar refractivity (Wildman–Crippen MR) is 85.3 cm³/mol. The van der Waals surface area contributed by atoms with Crippen LogP contribution in [0.25, 0.3) is 0 Å². The minimum Gasteiger partial charge on any atom is -0.351 e. The molecule has 0 saturated heterocycles. The zero-order chi connectivity index (χ0) is 16.2. The number of amides is 2. The zero-order valence-corrected chi connectivity index (χ0v) is 13.2. The third-order valence-corrected chi connectivity index (χ3v) is 4.83. The highest BCUT2D eigenvalue weighted by atomic mass is 19.1. The molecule has 2 N–H and O–H groups in total. The van der Waals surface area contributed by atoms with E-state index in [0.29, 0.717) is 12.3 Å². The molecule has 2 aliphatic rings. The van der Waals surface area contributed by atoms with Crippen molar-refractivity contribution in [1.29, 1.82) is 0 Å². The van der Waals surface area contributed by atoms with Gasteiger partial charge in [-0.2, -0.15) is 0 Å². The highest BCUT2D eigenvalue weighted by molar-refractivity contribution is 5.85. The molecule has 2 fully saturated rings. The Bertz CT molecular complexity index is 567. The number of nitrogens with one attached hydrogen (secondary N) is 2.